The number of nitrogens with zero attached hydrogens (tertiary/aromatic N) is 1. The predicted octanol–water partition coefficient (Wildman–Crippen LogP) is 6.93. The molecule has 0 aliphatic heterocycles. The van der Waals surface area contributed by atoms with Crippen molar-refractivity contribution in [2.45, 2.75) is 25.6 Å². The Kier molecular flexibility index (Phi) is 6.72. The maximum absolute atomic E-state index is 14.4. The van der Waals surface area contributed by atoms with E-state index < -0.39 is 63.7 Å². The summed E-state index contributed by atoms with van der Waals surface area (Å²) in [7, 11) is 0. The molecule has 3 aromatic carbocycles. The van der Waals surface area contributed by atoms with Crippen LogP contribution in [-0.4, -0.2) is 0 Å². The van der Waals surface area contributed by atoms with Gasteiger partial charge in [0, 0.05) is 12.1 Å². The maximum atomic E-state index is 14.4. The Morgan fingerprint density at radius 2 is 1.24 bits per heavy atom. The fourth-order valence-corrected chi connectivity index (χ4v) is 2.95. The zero-order valence-corrected chi connectivity index (χ0v) is 17.1. The van der Waals surface area contributed by atoms with Crippen molar-refractivity contribution in [1.29, 1.82) is 5.26 Å². The molecule has 0 bridgehead atoms. The van der Waals surface area contributed by atoms with Crippen LogP contribution in [0.1, 0.15) is 29.2 Å². The molecule has 0 atom stereocenters. The smallest absolute Gasteiger partial charge is 0.429 e. The summed E-state index contributed by atoms with van der Waals surface area (Å²) in [5, 5.41) is 8.61. The van der Waals surface area contributed by atoms with Gasteiger partial charge < -0.3 is 9.47 Å². The first-order chi connectivity index (χ1) is 15.9. The average Bonchev–Trinajstić information content (AvgIpc) is 2.72. The molecule has 0 unspecified atom stereocenters. The van der Waals surface area contributed by atoms with E-state index in [1.54, 1.807) is 6.92 Å². The van der Waals surface area contributed by atoms with E-state index in [2.05, 4.69) is 9.47 Å². The molecular weight excluding hydrogens is 474 g/mol. The van der Waals surface area contributed by atoms with E-state index in [-0.39, 0.29) is 12.0 Å². The molecule has 3 rings (SSSR count). The van der Waals surface area contributed by atoms with Gasteiger partial charge in [-0.15, -0.1) is 0 Å². The summed E-state index contributed by atoms with van der Waals surface area (Å²) in [4.78, 5) is 0. The van der Waals surface area contributed by atoms with Crippen molar-refractivity contribution in [3.63, 3.8) is 0 Å². The van der Waals surface area contributed by atoms with Gasteiger partial charge in [0.25, 0.3) is 0 Å². The van der Waals surface area contributed by atoms with Crippen LogP contribution in [0.25, 0.3) is 0 Å². The number of halogens is 8. The molecule has 0 amide bonds. The van der Waals surface area contributed by atoms with Crippen molar-refractivity contribution < 1.29 is 44.6 Å². The third-order valence-corrected chi connectivity index (χ3v) is 4.61. The molecule has 0 aliphatic rings. The van der Waals surface area contributed by atoms with Crippen LogP contribution in [0.15, 0.2) is 48.5 Å². The number of nitriles is 1. The number of benzene rings is 3. The summed E-state index contributed by atoms with van der Waals surface area (Å²) in [5.41, 5.74) is -3.41. The van der Waals surface area contributed by atoms with Crippen molar-refractivity contribution in [1.82, 2.24) is 0 Å². The van der Waals surface area contributed by atoms with Crippen LogP contribution in [-0.2, 0) is 18.6 Å². The summed E-state index contributed by atoms with van der Waals surface area (Å²) < 4.78 is 121. The average molecular weight is 487 g/mol. The van der Waals surface area contributed by atoms with E-state index in [0.29, 0.717) is 36.4 Å². The van der Waals surface area contributed by atoms with E-state index in [9.17, 15) is 35.1 Å². The zero-order valence-electron chi connectivity index (χ0n) is 17.1. The molecule has 3 aromatic rings. The second-order valence-electron chi connectivity index (χ2n) is 6.92. The first-order valence-corrected chi connectivity index (χ1v) is 9.49. The van der Waals surface area contributed by atoms with Crippen LogP contribution in [0.4, 0.5) is 35.1 Å². The number of alkyl halides is 4. The minimum atomic E-state index is -4.47. The van der Waals surface area contributed by atoms with E-state index in [0.717, 1.165) is 12.1 Å². The molecule has 11 heteroatoms. The Labute approximate surface area is 187 Å². The third kappa shape index (κ3) is 5.06. The molecular formula is C23H13F8NO2. The molecule has 0 saturated carbocycles. The number of hydrogen-bond donors (Lipinski definition) is 0. The standard InChI is InChI=1S/C23H13F8NO2/c1-2-12-7-19(26)21(20(27)8-12)23(30,31)33-14-5-3-13(4-6-14)22(28,29)34-15-9-17(24)16(11-32)18(25)10-15/h3-10H,2H2,1H3. The van der Waals surface area contributed by atoms with E-state index in [1.807, 2.05) is 0 Å². The highest BCUT2D eigenvalue weighted by molar-refractivity contribution is 5.39. The summed E-state index contributed by atoms with van der Waals surface area (Å²) in [6.07, 6.45) is -8.46. The van der Waals surface area contributed by atoms with E-state index in [1.165, 1.54) is 6.07 Å². The quantitative estimate of drug-likeness (QED) is 0.340. The largest absolute Gasteiger partial charge is 0.432 e. The monoisotopic (exact) mass is 487 g/mol. The lowest BCUT2D eigenvalue weighted by Crippen LogP contribution is -2.25. The van der Waals surface area contributed by atoms with Crippen molar-refractivity contribution >= 4 is 0 Å². The normalized spacial score (nSPS) is 11.8. The predicted molar refractivity (Wildman–Crippen MR) is 102 cm³/mol. The molecule has 3 nitrogen and oxygen atoms in total. The lowest BCUT2D eigenvalue weighted by molar-refractivity contribution is -0.190. The highest BCUT2D eigenvalue weighted by Crippen LogP contribution is 2.37. The second kappa shape index (κ2) is 9.21. The third-order valence-electron chi connectivity index (χ3n) is 4.61. The minimum Gasteiger partial charge on any atom is -0.429 e. The summed E-state index contributed by atoms with van der Waals surface area (Å²) in [6, 6.07) is 5.96. The summed E-state index contributed by atoms with van der Waals surface area (Å²) in [6.45, 7) is 1.57. The van der Waals surface area contributed by atoms with Crippen LogP contribution in [0.3, 0.4) is 0 Å². The number of hydrogen-bond acceptors (Lipinski definition) is 3. The lowest BCUT2D eigenvalue weighted by atomic mass is 10.1. The molecule has 178 valence electrons. The molecule has 34 heavy (non-hydrogen) atoms. The Morgan fingerprint density at radius 3 is 1.71 bits per heavy atom. The van der Waals surface area contributed by atoms with Crippen molar-refractivity contribution in [2.24, 2.45) is 0 Å². The highest BCUT2D eigenvalue weighted by Gasteiger charge is 2.41. The van der Waals surface area contributed by atoms with Gasteiger partial charge in [0.2, 0.25) is 0 Å². The molecule has 0 spiro atoms. The van der Waals surface area contributed by atoms with Gasteiger partial charge in [-0.1, -0.05) is 6.92 Å². The Morgan fingerprint density at radius 1 is 0.735 bits per heavy atom. The first kappa shape index (κ1) is 24.8. The fourth-order valence-electron chi connectivity index (χ4n) is 2.95. The van der Waals surface area contributed by atoms with Crippen molar-refractivity contribution in [3.05, 3.63) is 94.1 Å². The fraction of sp³-hybridized carbons (Fsp3) is 0.174. The van der Waals surface area contributed by atoms with Gasteiger partial charge in [0.15, 0.2) is 0 Å². The van der Waals surface area contributed by atoms with Crippen LogP contribution in [0.5, 0.6) is 11.5 Å². The highest BCUT2D eigenvalue weighted by atomic mass is 19.3. The molecule has 0 aliphatic carbocycles. The lowest BCUT2D eigenvalue weighted by Gasteiger charge is -2.21. The van der Waals surface area contributed by atoms with Crippen LogP contribution >= 0.6 is 0 Å². The molecule has 0 saturated heterocycles. The van der Waals surface area contributed by atoms with Gasteiger partial charge in [-0.05, 0) is 48.4 Å². The Hall–Kier alpha value is -3.81. The molecule has 0 aromatic heterocycles. The molecule has 0 N–H and O–H groups in total. The van der Waals surface area contributed by atoms with Gasteiger partial charge in [0.05, 0.1) is 5.56 Å². The first-order valence-electron chi connectivity index (χ1n) is 9.49. The van der Waals surface area contributed by atoms with Gasteiger partial charge in [0.1, 0.15) is 52.0 Å². The van der Waals surface area contributed by atoms with Gasteiger partial charge in [-0.2, -0.15) is 22.8 Å². The van der Waals surface area contributed by atoms with Gasteiger partial charge >= 0.3 is 12.2 Å². The van der Waals surface area contributed by atoms with E-state index in [4.69, 9.17) is 5.26 Å². The Bertz CT molecular complexity index is 1210. The van der Waals surface area contributed by atoms with Gasteiger partial charge in [-0.3, -0.25) is 0 Å². The van der Waals surface area contributed by atoms with Crippen LogP contribution in [0.2, 0.25) is 0 Å². The van der Waals surface area contributed by atoms with E-state index >= 15 is 0 Å². The van der Waals surface area contributed by atoms with Crippen LogP contribution < -0.4 is 9.47 Å². The molecule has 0 radical (unpaired) electrons. The van der Waals surface area contributed by atoms with Gasteiger partial charge in [-0.25, -0.2) is 17.6 Å². The van der Waals surface area contributed by atoms with Crippen LogP contribution in [0, 0.1) is 34.6 Å². The second-order valence-corrected chi connectivity index (χ2v) is 6.92. The SMILES string of the molecule is CCc1cc(F)c(C(F)(F)Oc2ccc(C(F)(F)Oc3cc(F)c(C#N)c(F)c3)cc2)c(F)c1. The molecule has 0 heterocycles. The zero-order chi connectivity index (χ0) is 25.3. The molecule has 0 fully saturated rings. The van der Waals surface area contributed by atoms with Crippen molar-refractivity contribution in [3.8, 4) is 17.6 Å². The Balaban J connectivity index is 1.81. The number of rotatable bonds is 7. The number of aryl methyl sites for hydroxylation is 1. The summed E-state index contributed by atoms with van der Waals surface area (Å²) in [5.74, 6) is -7.58. The maximum Gasteiger partial charge on any atom is 0.432 e. The summed E-state index contributed by atoms with van der Waals surface area (Å²) >= 11 is 0. The topological polar surface area (TPSA) is 42.2 Å². The van der Waals surface area contributed by atoms with Crippen molar-refractivity contribution in [2.75, 3.05) is 0 Å². The minimum absolute atomic E-state index is 0.142. The number of ether oxygens (including phenoxy) is 2.